The lowest BCUT2D eigenvalue weighted by Crippen LogP contribution is -2.36. The number of hydrogen-bond donors (Lipinski definition) is 3. The zero-order valence-electron chi connectivity index (χ0n) is 20.0. The maximum atomic E-state index is 13.2. The summed E-state index contributed by atoms with van der Waals surface area (Å²) in [5.74, 6) is -1.11. The Hall–Kier alpha value is -4.50. The monoisotopic (exact) mass is 502 g/mol. The van der Waals surface area contributed by atoms with E-state index < -0.39 is 11.9 Å². The van der Waals surface area contributed by atoms with Gasteiger partial charge in [-0.05, 0) is 48.7 Å². The van der Waals surface area contributed by atoms with E-state index in [1.807, 2.05) is 12.2 Å². The average molecular weight is 503 g/mol. The van der Waals surface area contributed by atoms with Crippen LogP contribution in [0.25, 0.3) is 5.76 Å². The van der Waals surface area contributed by atoms with Crippen LogP contribution in [0, 0.1) is 0 Å². The molecule has 9 heteroatoms. The van der Waals surface area contributed by atoms with Crippen LogP contribution < -0.4 is 10.2 Å². The minimum Gasteiger partial charge on any atom is -0.507 e. The van der Waals surface area contributed by atoms with Gasteiger partial charge in [0.05, 0.1) is 30.0 Å². The summed E-state index contributed by atoms with van der Waals surface area (Å²) in [6.45, 7) is 2.48. The molecule has 5 rings (SSSR count). The number of carboxylic acids is 1. The van der Waals surface area contributed by atoms with Crippen LogP contribution in [0.5, 0.6) is 5.75 Å². The summed E-state index contributed by atoms with van der Waals surface area (Å²) < 4.78 is 16.9. The third-order valence-electron chi connectivity index (χ3n) is 6.28. The lowest BCUT2D eigenvalue weighted by atomic mass is 10.0. The summed E-state index contributed by atoms with van der Waals surface area (Å²) in [6, 6.07) is 9.26. The van der Waals surface area contributed by atoms with Gasteiger partial charge in [-0.1, -0.05) is 24.3 Å². The molecule has 2 heterocycles. The van der Waals surface area contributed by atoms with Crippen LogP contribution >= 0.6 is 0 Å². The molecule has 190 valence electrons. The Kier molecular flexibility index (Phi) is 6.96. The first-order valence-electron chi connectivity index (χ1n) is 11.9. The van der Waals surface area contributed by atoms with Gasteiger partial charge in [-0.3, -0.25) is 4.79 Å². The van der Waals surface area contributed by atoms with Gasteiger partial charge in [0, 0.05) is 24.3 Å². The zero-order valence-corrected chi connectivity index (χ0v) is 20.0. The van der Waals surface area contributed by atoms with Gasteiger partial charge in [-0.2, -0.15) is 0 Å². The molecule has 0 radical (unpaired) electrons. The van der Waals surface area contributed by atoms with Crippen molar-refractivity contribution >= 4 is 29.0 Å². The standard InChI is InChI=1S/C28H26N2O7/c31-24-9-7-20(30-10-12-35-13-11-30)15-22(24)27(32)29-23-14-19(6-8-21(23)28(33)34)26-17-36-16-25(37-26)18-4-2-1-3-5-18/h1-2,4,6-9,14-17,31H,3,5,10-13H2,(H,29,32)(H,33,34). The van der Waals surface area contributed by atoms with Gasteiger partial charge in [0.2, 0.25) is 0 Å². The molecule has 0 aromatic heterocycles. The van der Waals surface area contributed by atoms with E-state index in [1.54, 1.807) is 18.2 Å². The number of allylic oxidation sites excluding steroid dienone is 4. The van der Waals surface area contributed by atoms with Crippen molar-refractivity contribution in [2.45, 2.75) is 12.8 Å². The second-order valence-corrected chi connectivity index (χ2v) is 8.68. The fourth-order valence-electron chi connectivity index (χ4n) is 4.30. The van der Waals surface area contributed by atoms with E-state index >= 15 is 0 Å². The summed E-state index contributed by atoms with van der Waals surface area (Å²) in [6.07, 6.45) is 10.6. The first-order valence-corrected chi connectivity index (χ1v) is 11.9. The fraction of sp³-hybridized carbons (Fsp3) is 0.214. The molecule has 0 saturated carbocycles. The Morgan fingerprint density at radius 3 is 2.54 bits per heavy atom. The van der Waals surface area contributed by atoms with Crippen LogP contribution in [0.15, 0.2) is 78.5 Å². The van der Waals surface area contributed by atoms with Crippen LogP contribution in [0.4, 0.5) is 11.4 Å². The molecule has 9 nitrogen and oxygen atoms in total. The number of aromatic hydroxyl groups is 1. The molecule has 1 saturated heterocycles. The van der Waals surface area contributed by atoms with Gasteiger partial charge in [0.15, 0.2) is 11.5 Å². The number of anilines is 2. The molecule has 2 aromatic rings. The lowest BCUT2D eigenvalue weighted by molar-refractivity contribution is 0.0698. The molecule has 2 aliphatic heterocycles. The van der Waals surface area contributed by atoms with Crippen molar-refractivity contribution < 1.29 is 34.0 Å². The largest absolute Gasteiger partial charge is 0.507 e. The summed E-state index contributed by atoms with van der Waals surface area (Å²) in [5.41, 5.74) is 2.26. The second-order valence-electron chi connectivity index (χ2n) is 8.68. The van der Waals surface area contributed by atoms with E-state index in [-0.39, 0.29) is 22.6 Å². The highest BCUT2D eigenvalue weighted by molar-refractivity contribution is 6.09. The number of carbonyl (C=O) groups is 2. The van der Waals surface area contributed by atoms with Gasteiger partial charge in [-0.15, -0.1) is 0 Å². The summed E-state index contributed by atoms with van der Waals surface area (Å²) >= 11 is 0. The number of ether oxygens (including phenoxy) is 3. The average Bonchev–Trinajstić information content (AvgIpc) is 2.94. The molecule has 0 bridgehead atoms. The number of benzene rings is 2. The van der Waals surface area contributed by atoms with Gasteiger partial charge < -0.3 is 34.6 Å². The molecule has 0 spiro atoms. The highest BCUT2D eigenvalue weighted by Crippen LogP contribution is 2.33. The molecule has 0 atom stereocenters. The highest BCUT2D eigenvalue weighted by Gasteiger charge is 2.22. The maximum absolute atomic E-state index is 13.2. The van der Waals surface area contributed by atoms with E-state index in [0.29, 0.717) is 43.4 Å². The number of phenolic OH excluding ortho intramolecular Hbond substituents is 1. The molecule has 1 aliphatic carbocycles. The predicted octanol–water partition coefficient (Wildman–Crippen LogP) is 4.64. The topological polar surface area (TPSA) is 118 Å². The summed E-state index contributed by atoms with van der Waals surface area (Å²) in [5, 5.41) is 22.8. The Balaban J connectivity index is 1.40. The van der Waals surface area contributed by atoms with Crippen LogP contribution in [-0.4, -0.2) is 48.4 Å². The number of carbonyl (C=O) groups excluding carboxylic acids is 1. The Labute approximate surface area is 213 Å². The Bertz CT molecular complexity index is 1350. The van der Waals surface area contributed by atoms with Crippen molar-refractivity contribution in [1.82, 2.24) is 0 Å². The number of nitrogens with one attached hydrogen (secondary N) is 1. The number of amides is 1. The van der Waals surface area contributed by atoms with Gasteiger partial charge in [0.1, 0.15) is 18.3 Å². The molecule has 3 N–H and O–H groups in total. The third-order valence-corrected chi connectivity index (χ3v) is 6.28. The number of phenols is 1. The smallest absolute Gasteiger partial charge is 0.337 e. The van der Waals surface area contributed by atoms with Crippen molar-refractivity contribution in [1.29, 1.82) is 0 Å². The summed E-state index contributed by atoms with van der Waals surface area (Å²) in [7, 11) is 0. The van der Waals surface area contributed by atoms with Crippen LogP contribution in [0.3, 0.4) is 0 Å². The minimum absolute atomic E-state index is 0.0321. The maximum Gasteiger partial charge on any atom is 0.337 e. The molecular weight excluding hydrogens is 476 g/mol. The quantitative estimate of drug-likeness (QED) is 0.523. The first-order chi connectivity index (χ1) is 18.0. The highest BCUT2D eigenvalue weighted by atomic mass is 16.5. The number of morpholine rings is 1. The van der Waals surface area contributed by atoms with Crippen molar-refractivity contribution in [3.8, 4) is 5.75 Å². The van der Waals surface area contributed by atoms with Gasteiger partial charge in [0.25, 0.3) is 5.91 Å². The minimum atomic E-state index is -1.21. The number of carboxylic acid groups (broad SMARTS) is 1. The Morgan fingerprint density at radius 2 is 1.78 bits per heavy atom. The third kappa shape index (κ3) is 5.36. The second kappa shape index (κ2) is 10.6. The van der Waals surface area contributed by atoms with Crippen LogP contribution in [0.2, 0.25) is 0 Å². The summed E-state index contributed by atoms with van der Waals surface area (Å²) in [4.78, 5) is 27.1. The SMILES string of the molecule is O=C(Nc1cc(C2=COC=C(C3=CC=CCC3)O2)ccc1C(=O)O)c1cc(N2CCOCC2)ccc1O. The fourth-order valence-corrected chi connectivity index (χ4v) is 4.30. The number of rotatable bonds is 6. The van der Waals surface area contributed by atoms with E-state index in [9.17, 15) is 19.8 Å². The molecule has 1 fully saturated rings. The zero-order chi connectivity index (χ0) is 25.8. The van der Waals surface area contributed by atoms with Crippen molar-refractivity contribution in [2.75, 3.05) is 36.5 Å². The molecular formula is C28H26N2O7. The van der Waals surface area contributed by atoms with Crippen molar-refractivity contribution in [3.63, 3.8) is 0 Å². The van der Waals surface area contributed by atoms with Gasteiger partial charge >= 0.3 is 5.97 Å². The van der Waals surface area contributed by atoms with Crippen LogP contribution in [-0.2, 0) is 14.2 Å². The van der Waals surface area contributed by atoms with Gasteiger partial charge in [-0.25, -0.2) is 4.79 Å². The van der Waals surface area contributed by atoms with Crippen molar-refractivity contribution in [3.05, 3.63) is 95.2 Å². The Morgan fingerprint density at radius 1 is 0.973 bits per heavy atom. The number of hydrogen-bond acceptors (Lipinski definition) is 7. The first kappa shape index (κ1) is 24.2. The van der Waals surface area contributed by atoms with E-state index in [0.717, 1.165) is 24.1 Å². The predicted molar refractivity (Wildman–Crippen MR) is 137 cm³/mol. The lowest BCUT2D eigenvalue weighted by Gasteiger charge is -2.29. The normalized spacial score (nSPS) is 17.1. The number of nitrogens with zero attached hydrogens (tertiary/aromatic N) is 1. The molecule has 37 heavy (non-hydrogen) atoms. The van der Waals surface area contributed by atoms with E-state index in [4.69, 9.17) is 14.2 Å². The molecule has 3 aliphatic rings. The van der Waals surface area contributed by atoms with Crippen molar-refractivity contribution in [2.24, 2.45) is 0 Å². The van der Waals surface area contributed by atoms with E-state index in [1.165, 1.54) is 30.7 Å². The van der Waals surface area contributed by atoms with Crippen LogP contribution in [0.1, 0.15) is 39.1 Å². The molecule has 1 amide bonds. The van der Waals surface area contributed by atoms with E-state index in [2.05, 4.69) is 16.3 Å². The molecule has 2 aromatic carbocycles. The number of aromatic carboxylic acids is 1. The molecule has 0 unspecified atom stereocenters.